The number of amides is 2. The standard InChI is InChI=1S/C22H16ClN3O2S/c23-20-9-8-19(29-20)21(27)25-18-3-1-2-16-17(18)13-26(22(16)28)12-15-6-4-14(5-7-15)10-11-24/h1-9H,10,12-13H2,(H,25,27). The van der Waals surface area contributed by atoms with Crippen molar-refractivity contribution >= 4 is 40.4 Å². The molecule has 1 N–H and O–H groups in total. The number of halogens is 1. The lowest BCUT2D eigenvalue weighted by molar-refractivity contribution is 0.0766. The molecule has 1 aromatic heterocycles. The molecule has 0 spiro atoms. The lowest BCUT2D eigenvalue weighted by atomic mass is 10.1. The van der Waals surface area contributed by atoms with Gasteiger partial charge in [0.15, 0.2) is 0 Å². The number of nitriles is 1. The highest BCUT2D eigenvalue weighted by Gasteiger charge is 2.29. The molecule has 1 aliphatic rings. The highest BCUT2D eigenvalue weighted by molar-refractivity contribution is 7.18. The van der Waals surface area contributed by atoms with E-state index in [1.54, 1.807) is 35.2 Å². The minimum absolute atomic E-state index is 0.0589. The average molecular weight is 422 g/mol. The first-order chi connectivity index (χ1) is 14.0. The molecule has 7 heteroatoms. The van der Waals surface area contributed by atoms with Crippen molar-refractivity contribution in [2.24, 2.45) is 0 Å². The Labute approximate surface area is 177 Å². The zero-order valence-electron chi connectivity index (χ0n) is 15.3. The highest BCUT2D eigenvalue weighted by atomic mass is 35.5. The fourth-order valence-electron chi connectivity index (χ4n) is 3.33. The topological polar surface area (TPSA) is 73.2 Å². The molecule has 0 radical (unpaired) electrons. The van der Waals surface area contributed by atoms with Crippen LogP contribution in [0.25, 0.3) is 0 Å². The first-order valence-electron chi connectivity index (χ1n) is 8.98. The Morgan fingerprint density at radius 2 is 1.90 bits per heavy atom. The van der Waals surface area contributed by atoms with Gasteiger partial charge >= 0.3 is 0 Å². The smallest absolute Gasteiger partial charge is 0.265 e. The van der Waals surface area contributed by atoms with E-state index < -0.39 is 0 Å². The van der Waals surface area contributed by atoms with Gasteiger partial charge in [0.2, 0.25) is 0 Å². The number of benzene rings is 2. The van der Waals surface area contributed by atoms with Crippen molar-refractivity contribution in [1.29, 1.82) is 5.26 Å². The second-order valence-electron chi connectivity index (χ2n) is 6.70. The Balaban J connectivity index is 1.51. The number of nitrogens with one attached hydrogen (secondary N) is 1. The van der Waals surface area contributed by atoms with E-state index in [1.165, 1.54) is 11.3 Å². The summed E-state index contributed by atoms with van der Waals surface area (Å²) in [6.07, 6.45) is 0.368. The minimum Gasteiger partial charge on any atom is -0.330 e. The number of fused-ring (bicyclic) bond motifs is 1. The molecule has 0 bridgehead atoms. The summed E-state index contributed by atoms with van der Waals surface area (Å²) in [6.45, 7) is 0.893. The Morgan fingerprint density at radius 1 is 1.14 bits per heavy atom. The third kappa shape index (κ3) is 4.02. The average Bonchev–Trinajstić information content (AvgIpc) is 3.28. The van der Waals surface area contributed by atoms with Gasteiger partial charge in [0.1, 0.15) is 0 Å². The summed E-state index contributed by atoms with van der Waals surface area (Å²) in [4.78, 5) is 27.6. The fourth-order valence-corrected chi connectivity index (χ4v) is 4.27. The summed E-state index contributed by atoms with van der Waals surface area (Å²) in [5.41, 5.74) is 4.00. The molecular weight excluding hydrogens is 406 g/mol. The largest absolute Gasteiger partial charge is 0.330 e. The van der Waals surface area contributed by atoms with Gasteiger partial charge in [0.05, 0.1) is 21.7 Å². The van der Waals surface area contributed by atoms with Crippen LogP contribution in [0.15, 0.2) is 54.6 Å². The molecule has 0 unspecified atom stereocenters. The van der Waals surface area contributed by atoms with Crippen molar-refractivity contribution < 1.29 is 9.59 Å². The number of carbonyl (C=O) groups is 2. The Hall–Kier alpha value is -3.14. The molecule has 144 valence electrons. The van der Waals surface area contributed by atoms with Gasteiger partial charge in [-0.1, -0.05) is 41.9 Å². The van der Waals surface area contributed by atoms with Crippen LogP contribution in [0.4, 0.5) is 5.69 Å². The number of anilines is 1. The third-order valence-electron chi connectivity index (χ3n) is 4.77. The van der Waals surface area contributed by atoms with Gasteiger partial charge in [-0.05, 0) is 35.4 Å². The van der Waals surface area contributed by atoms with E-state index in [0.717, 1.165) is 16.7 Å². The van der Waals surface area contributed by atoms with Crippen molar-refractivity contribution in [1.82, 2.24) is 4.90 Å². The van der Waals surface area contributed by atoms with Crippen LogP contribution < -0.4 is 5.32 Å². The third-order valence-corrected chi connectivity index (χ3v) is 6.00. The molecular formula is C22H16ClN3O2S. The van der Waals surface area contributed by atoms with Crippen molar-refractivity contribution in [3.63, 3.8) is 0 Å². The molecule has 2 heterocycles. The van der Waals surface area contributed by atoms with Crippen LogP contribution in [0, 0.1) is 11.3 Å². The predicted octanol–water partition coefficient (Wildman–Crippen LogP) is 4.88. The maximum atomic E-state index is 12.8. The number of carbonyl (C=O) groups excluding carboxylic acids is 2. The van der Waals surface area contributed by atoms with Gasteiger partial charge in [0, 0.05) is 29.9 Å². The maximum Gasteiger partial charge on any atom is 0.265 e. The molecule has 2 amide bonds. The van der Waals surface area contributed by atoms with Crippen LogP contribution >= 0.6 is 22.9 Å². The number of hydrogen-bond donors (Lipinski definition) is 1. The van der Waals surface area contributed by atoms with E-state index in [2.05, 4.69) is 11.4 Å². The van der Waals surface area contributed by atoms with Crippen LogP contribution in [0.5, 0.6) is 0 Å². The SMILES string of the molecule is N#CCc1ccc(CN2Cc3c(NC(=O)c4ccc(Cl)s4)cccc3C2=O)cc1. The second kappa shape index (κ2) is 8.08. The molecule has 0 saturated carbocycles. The Kier molecular flexibility index (Phi) is 5.34. The number of rotatable bonds is 5. The van der Waals surface area contributed by atoms with Gasteiger partial charge in [-0.25, -0.2) is 0 Å². The number of hydrogen-bond acceptors (Lipinski definition) is 4. The molecule has 4 rings (SSSR count). The van der Waals surface area contributed by atoms with E-state index in [-0.39, 0.29) is 11.8 Å². The molecule has 0 aliphatic carbocycles. The molecule has 5 nitrogen and oxygen atoms in total. The normalized spacial score (nSPS) is 12.6. The van der Waals surface area contributed by atoms with Crippen LogP contribution in [-0.2, 0) is 19.5 Å². The lowest BCUT2D eigenvalue weighted by Crippen LogP contribution is -2.23. The Morgan fingerprint density at radius 3 is 2.59 bits per heavy atom. The summed E-state index contributed by atoms with van der Waals surface area (Å²) in [7, 11) is 0. The summed E-state index contributed by atoms with van der Waals surface area (Å²) in [5, 5.41) is 11.7. The van der Waals surface area contributed by atoms with Gasteiger partial charge in [-0.2, -0.15) is 5.26 Å². The molecule has 0 atom stereocenters. The van der Waals surface area contributed by atoms with E-state index in [4.69, 9.17) is 16.9 Å². The molecule has 29 heavy (non-hydrogen) atoms. The predicted molar refractivity (Wildman–Crippen MR) is 113 cm³/mol. The van der Waals surface area contributed by atoms with E-state index in [0.29, 0.717) is 40.0 Å². The minimum atomic E-state index is -0.241. The Bertz CT molecular complexity index is 1130. The summed E-state index contributed by atoms with van der Waals surface area (Å²) in [5.74, 6) is -0.300. The molecule has 2 aromatic carbocycles. The summed E-state index contributed by atoms with van der Waals surface area (Å²) < 4.78 is 0.551. The summed E-state index contributed by atoms with van der Waals surface area (Å²) in [6, 6.07) is 18.5. The van der Waals surface area contributed by atoms with Crippen molar-refractivity contribution in [2.75, 3.05) is 5.32 Å². The number of thiophene rings is 1. The second-order valence-corrected chi connectivity index (χ2v) is 8.42. The van der Waals surface area contributed by atoms with Gasteiger partial charge in [0.25, 0.3) is 11.8 Å². The van der Waals surface area contributed by atoms with Crippen molar-refractivity contribution in [3.05, 3.63) is 86.1 Å². The summed E-state index contributed by atoms with van der Waals surface area (Å²) >= 11 is 7.13. The van der Waals surface area contributed by atoms with Crippen LogP contribution in [0.3, 0.4) is 0 Å². The van der Waals surface area contributed by atoms with Crippen molar-refractivity contribution in [2.45, 2.75) is 19.5 Å². The van der Waals surface area contributed by atoms with Crippen LogP contribution in [0.1, 0.15) is 36.7 Å². The maximum absolute atomic E-state index is 12.8. The van der Waals surface area contributed by atoms with Crippen molar-refractivity contribution in [3.8, 4) is 6.07 Å². The van der Waals surface area contributed by atoms with Crippen LogP contribution in [-0.4, -0.2) is 16.7 Å². The monoisotopic (exact) mass is 421 g/mol. The fraction of sp³-hybridized carbons (Fsp3) is 0.136. The van der Waals surface area contributed by atoms with Gasteiger partial charge < -0.3 is 10.2 Å². The molecule has 0 fully saturated rings. The zero-order chi connectivity index (χ0) is 20.4. The molecule has 0 saturated heterocycles. The quantitative estimate of drug-likeness (QED) is 0.638. The van der Waals surface area contributed by atoms with E-state index in [9.17, 15) is 9.59 Å². The van der Waals surface area contributed by atoms with Crippen LogP contribution in [0.2, 0.25) is 4.34 Å². The first kappa shape index (κ1) is 19.2. The molecule has 3 aromatic rings. The lowest BCUT2D eigenvalue weighted by Gasteiger charge is -2.16. The van der Waals surface area contributed by atoms with Gasteiger partial charge in [-0.15, -0.1) is 11.3 Å². The van der Waals surface area contributed by atoms with E-state index >= 15 is 0 Å². The highest BCUT2D eigenvalue weighted by Crippen LogP contribution is 2.31. The zero-order valence-corrected chi connectivity index (χ0v) is 16.9. The van der Waals surface area contributed by atoms with Gasteiger partial charge in [-0.3, -0.25) is 9.59 Å². The first-order valence-corrected chi connectivity index (χ1v) is 10.2. The number of nitrogens with zero attached hydrogens (tertiary/aromatic N) is 2. The van der Waals surface area contributed by atoms with E-state index in [1.807, 2.05) is 24.3 Å². The molecule has 1 aliphatic heterocycles.